The highest BCUT2D eigenvalue weighted by atomic mass is 16.4. The van der Waals surface area contributed by atoms with Gasteiger partial charge in [0, 0.05) is 24.8 Å². The smallest absolute Gasteiger partial charge is 0.354 e. The maximum Gasteiger partial charge on any atom is 0.354 e. The van der Waals surface area contributed by atoms with E-state index in [1.807, 2.05) is 0 Å². The predicted molar refractivity (Wildman–Crippen MR) is 60.9 cm³/mol. The molecule has 1 aliphatic heterocycles. The number of carbonyl (C=O) groups excluding carboxylic acids is 2. The van der Waals surface area contributed by atoms with Gasteiger partial charge in [0.25, 0.3) is 0 Å². The van der Waals surface area contributed by atoms with Crippen LogP contribution >= 0.6 is 0 Å². The number of hydrogen-bond donors (Lipinski definition) is 2. The first-order valence-corrected chi connectivity index (χ1v) is 5.28. The third-order valence-electron chi connectivity index (χ3n) is 2.80. The molecule has 0 aromatic carbocycles. The minimum absolute atomic E-state index is 0.0556. The predicted octanol–water partition coefficient (Wildman–Crippen LogP) is -0.382. The van der Waals surface area contributed by atoms with Gasteiger partial charge in [-0.1, -0.05) is 0 Å². The lowest BCUT2D eigenvalue weighted by molar-refractivity contribution is -0.123. The molecule has 1 fully saturated rings. The molecule has 18 heavy (non-hydrogen) atoms. The number of primary amides is 1. The summed E-state index contributed by atoms with van der Waals surface area (Å²) < 4.78 is 0. The van der Waals surface area contributed by atoms with E-state index < -0.39 is 17.8 Å². The summed E-state index contributed by atoms with van der Waals surface area (Å²) in [5, 5.41) is 8.82. The molecule has 0 saturated carbocycles. The molecule has 2 amide bonds. The minimum Gasteiger partial charge on any atom is -0.477 e. The Bertz CT molecular complexity index is 529. The zero-order valence-corrected chi connectivity index (χ0v) is 9.37. The molecule has 1 atom stereocenters. The Balaban J connectivity index is 2.27. The van der Waals surface area contributed by atoms with Crippen LogP contribution in [0.4, 0.5) is 5.69 Å². The molecular weight excluding hydrogens is 238 g/mol. The van der Waals surface area contributed by atoms with Crippen LogP contribution in [0.15, 0.2) is 18.3 Å². The summed E-state index contributed by atoms with van der Waals surface area (Å²) in [5.74, 6) is -2.48. The van der Waals surface area contributed by atoms with Gasteiger partial charge in [0.05, 0.1) is 5.92 Å². The van der Waals surface area contributed by atoms with Crippen LogP contribution in [0, 0.1) is 5.92 Å². The molecule has 1 aromatic rings. The molecule has 1 unspecified atom stereocenters. The average Bonchev–Trinajstić information content (AvgIpc) is 2.72. The largest absolute Gasteiger partial charge is 0.477 e. The quantitative estimate of drug-likeness (QED) is 0.757. The van der Waals surface area contributed by atoms with Crippen molar-refractivity contribution in [2.24, 2.45) is 11.7 Å². The number of carboxylic acid groups (broad SMARTS) is 1. The number of nitrogens with two attached hydrogens (primary N) is 1. The topological polar surface area (TPSA) is 114 Å². The van der Waals surface area contributed by atoms with Gasteiger partial charge in [-0.05, 0) is 12.1 Å². The number of nitrogens with zero attached hydrogens (tertiary/aromatic N) is 2. The van der Waals surface area contributed by atoms with Crippen molar-refractivity contribution in [2.75, 3.05) is 11.4 Å². The van der Waals surface area contributed by atoms with Gasteiger partial charge >= 0.3 is 5.97 Å². The van der Waals surface area contributed by atoms with Gasteiger partial charge in [-0.3, -0.25) is 9.59 Å². The summed E-state index contributed by atoms with van der Waals surface area (Å²) in [5.41, 5.74) is 5.42. The van der Waals surface area contributed by atoms with E-state index in [4.69, 9.17) is 10.8 Å². The zero-order valence-electron chi connectivity index (χ0n) is 9.37. The van der Waals surface area contributed by atoms with Crippen molar-refractivity contribution >= 4 is 23.5 Å². The molecule has 0 bridgehead atoms. The van der Waals surface area contributed by atoms with Gasteiger partial charge in [0.15, 0.2) is 0 Å². The summed E-state index contributed by atoms with van der Waals surface area (Å²) in [4.78, 5) is 38.6. The molecule has 7 nitrogen and oxygen atoms in total. The summed E-state index contributed by atoms with van der Waals surface area (Å²) >= 11 is 0. The Morgan fingerprint density at radius 3 is 2.78 bits per heavy atom. The maximum atomic E-state index is 11.7. The number of rotatable bonds is 3. The van der Waals surface area contributed by atoms with Crippen molar-refractivity contribution < 1.29 is 19.5 Å². The van der Waals surface area contributed by atoms with Crippen molar-refractivity contribution in [3.8, 4) is 0 Å². The highest BCUT2D eigenvalue weighted by Gasteiger charge is 2.34. The van der Waals surface area contributed by atoms with Crippen LogP contribution in [-0.2, 0) is 9.59 Å². The molecule has 1 saturated heterocycles. The van der Waals surface area contributed by atoms with E-state index in [1.54, 1.807) is 0 Å². The summed E-state index contributed by atoms with van der Waals surface area (Å²) in [6, 6.07) is 2.82. The first-order valence-electron chi connectivity index (χ1n) is 5.28. The lowest BCUT2D eigenvalue weighted by atomic mass is 10.1. The fraction of sp³-hybridized carbons (Fsp3) is 0.273. The minimum atomic E-state index is -1.17. The lowest BCUT2D eigenvalue weighted by Gasteiger charge is -2.16. The van der Waals surface area contributed by atoms with Crippen molar-refractivity contribution in [1.29, 1.82) is 0 Å². The van der Waals surface area contributed by atoms with E-state index in [0.717, 1.165) is 0 Å². The Morgan fingerprint density at radius 1 is 1.50 bits per heavy atom. The number of aromatic carboxylic acids is 1. The van der Waals surface area contributed by atoms with E-state index in [2.05, 4.69) is 4.98 Å². The van der Waals surface area contributed by atoms with E-state index in [9.17, 15) is 14.4 Å². The number of anilines is 1. The number of hydrogen-bond acceptors (Lipinski definition) is 4. The maximum absolute atomic E-state index is 11.7. The van der Waals surface area contributed by atoms with E-state index in [1.165, 1.54) is 23.2 Å². The van der Waals surface area contributed by atoms with Crippen LogP contribution in [0.1, 0.15) is 16.9 Å². The van der Waals surface area contributed by atoms with Gasteiger partial charge in [-0.25, -0.2) is 9.78 Å². The van der Waals surface area contributed by atoms with Gasteiger partial charge < -0.3 is 15.7 Å². The second-order valence-corrected chi connectivity index (χ2v) is 4.01. The number of aromatic nitrogens is 1. The number of carboxylic acids is 1. The molecule has 1 aromatic heterocycles. The second kappa shape index (κ2) is 4.44. The lowest BCUT2D eigenvalue weighted by Crippen LogP contribution is -2.28. The molecule has 1 aliphatic rings. The summed E-state index contributed by atoms with van der Waals surface area (Å²) in [6.45, 7) is 0.178. The van der Waals surface area contributed by atoms with Crippen molar-refractivity contribution in [3.63, 3.8) is 0 Å². The Labute approximate surface area is 102 Å². The van der Waals surface area contributed by atoms with Gasteiger partial charge in [0.1, 0.15) is 5.69 Å². The van der Waals surface area contributed by atoms with Gasteiger partial charge in [0.2, 0.25) is 11.8 Å². The Kier molecular flexibility index (Phi) is 2.97. The third-order valence-corrected chi connectivity index (χ3v) is 2.80. The third kappa shape index (κ3) is 2.15. The van der Waals surface area contributed by atoms with Crippen LogP contribution in [0.25, 0.3) is 0 Å². The second-order valence-electron chi connectivity index (χ2n) is 4.01. The number of amides is 2. The van der Waals surface area contributed by atoms with Crippen molar-refractivity contribution in [2.45, 2.75) is 6.42 Å². The first kappa shape index (κ1) is 12.0. The fourth-order valence-electron chi connectivity index (χ4n) is 1.85. The standard InChI is InChI=1S/C11H11N3O4/c12-10(16)6-3-9(15)14(5-6)7-1-2-13-8(4-7)11(17)18/h1-2,4,6H,3,5H2,(H2,12,16)(H,17,18). The van der Waals surface area contributed by atoms with Crippen LogP contribution in [-0.4, -0.2) is 34.4 Å². The molecule has 3 N–H and O–H groups in total. The summed E-state index contributed by atoms with van der Waals surface area (Å²) in [7, 11) is 0. The van der Waals surface area contributed by atoms with Crippen molar-refractivity contribution in [3.05, 3.63) is 24.0 Å². The van der Waals surface area contributed by atoms with Gasteiger partial charge in [-0.2, -0.15) is 0 Å². The SMILES string of the molecule is NC(=O)C1CC(=O)N(c2ccnc(C(=O)O)c2)C1. The molecule has 94 valence electrons. The first-order chi connectivity index (χ1) is 8.49. The van der Waals surface area contributed by atoms with Crippen LogP contribution in [0.3, 0.4) is 0 Å². The average molecular weight is 249 g/mol. The molecule has 7 heteroatoms. The molecule has 2 heterocycles. The highest BCUT2D eigenvalue weighted by molar-refractivity contribution is 6.00. The van der Waals surface area contributed by atoms with E-state index >= 15 is 0 Å². The normalized spacial score (nSPS) is 19.0. The molecular formula is C11H11N3O4. The highest BCUT2D eigenvalue weighted by Crippen LogP contribution is 2.24. The molecule has 2 rings (SSSR count). The Morgan fingerprint density at radius 2 is 2.22 bits per heavy atom. The van der Waals surface area contributed by atoms with Crippen LogP contribution in [0.5, 0.6) is 0 Å². The molecule has 0 aliphatic carbocycles. The molecule has 0 radical (unpaired) electrons. The van der Waals surface area contributed by atoms with Crippen LogP contribution < -0.4 is 10.6 Å². The van der Waals surface area contributed by atoms with E-state index in [0.29, 0.717) is 5.69 Å². The summed E-state index contributed by atoms with van der Waals surface area (Å²) in [6.07, 6.45) is 1.36. The molecule has 0 spiro atoms. The number of pyridine rings is 1. The van der Waals surface area contributed by atoms with E-state index in [-0.39, 0.29) is 24.6 Å². The Hall–Kier alpha value is -2.44. The monoisotopic (exact) mass is 249 g/mol. The van der Waals surface area contributed by atoms with Gasteiger partial charge in [-0.15, -0.1) is 0 Å². The fourth-order valence-corrected chi connectivity index (χ4v) is 1.85. The number of carbonyl (C=O) groups is 3. The van der Waals surface area contributed by atoms with Crippen molar-refractivity contribution in [1.82, 2.24) is 4.98 Å². The zero-order chi connectivity index (χ0) is 13.3. The van der Waals surface area contributed by atoms with Crippen LogP contribution in [0.2, 0.25) is 0 Å².